The third kappa shape index (κ3) is 6.80. The van der Waals surface area contributed by atoms with Crippen molar-refractivity contribution in [1.29, 1.82) is 0 Å². The number of H-pyrrole nitrogens is 1. The number of carbonyl (C=O) groups excluding carboxylic acids is 1. The second-order valence-electron chi connectivity index (χ2n) is 7.84. The Hall–Kier alpha value is -2.38. The van der Waals surface area contributed by atoms with Crippen LogP contribution < -0.4 is 4.87 Å². The number of rotatable bonds is 11. The Bertz CT molecular complexity index is 1050. The smallest absolute Gasteiger partial charge is 0.307 e. The Morgan fingerprint density at radius 2 is 1.90 bits per heavy atom. The number of thiophene rings is 1. The first kappa shape index (κ1) is 23.3. The van der Waals surface area contributed by atoms with E-state index in [2.05, 4.69) is 36.2 Å². The Labute approximate surface area is 191 Å². The maximum Gasteiger partial charge on any atom is 0.307 e. The number of aromatic hydroxyl groups is 1. The Morgan fingerprint density at radius 3 is 2.65 bits per heavy atom. The number of nitrogens with zero attached hydrogens (tertiary/aromatic N) is 1. The highest BCUT2D eigenvalue weighted by Gasteiger charge is 2.12. The second-order valence-corrected chi connectivity index (χ2v) is 10.1. The lowest BCUT2D eigenvalue weighted by molar-refractivity contribution is -0.130. The van der Waals surface area contributed by atoms with Crippen molar-refractivity contribution in [2.24, 2.45) is 0 Å². The molecule has 3 rings (SSSR count). The fraction of sp³-hybridized carbons (Fsp3) is 0.417. The molecule has 31 heavy (non-hydrogen) atoms. The van der Waals surface area contributed by atoms with Crippen LogP contribution in [0.3, 0.4) is 0 Å². The molecule has 5 nitrogen and oxygen atoms in total. The van der Waals surface area contributed by atoms with Gasteiger partial charge in [0, 0.05) is 36.2 Å². The summed E-state index contributed by atoms with van der Waals surface area (Å²) < 4.78 is 0. The summed E-state index contributed by atoms with van der Waals surface area (Å²) >= 11 is 2.69. The molecule has 3 aromatic rings. The van der Waals surface area contributed by atoms with E-state index in [1.807, 2.05) is 24.1 Å². The van der Waals surface area contributed by atoms with Crippen molar-refractivity contribution in [3.63, 3.8) is 0 Å². The van der Waals surface area contributed by atoms with E-state index < -0.39 is 0 Å². The van der Waals surface area contributed by atoms with Gasteiger partial charge in [0.15, 0.2) is 0 Å². The van der Waals surface area contributed by atoms with Gasteiger partial charge in [0.05, 0.1) is 4.88 Å². The van der Waals surface area contributed by atoms with Gasteiger partial charge in [0.25, 0.3) is 0 Å². The average molecular weight is 459 g/mol. The molecular weight excluding hydrogens is 428 g/mol. The predicted octanol–water partition coefficient (Wildman–Crippen LogP) is 5.78. The maximum atomic E-state index is 12.4. The van der Waals surface area contributed by atoms with Crippen LogP contribution in [-0.4, -0.2) is 27.9 Å². The zero-order valence-electron chi connectivity index (χ0n) is 18.1. The van der Waals surface area contributed by atoms with Crippen LogP contribution in [0.5, 0.6) is 5.88 Å². The number of hydrogen-bond acceptors (Lipinski definition) is 5. The molecule has 0 bridgehead atoms. The number of benzene rings is 1. The molecule has 0 saturated carbocycles. The molecule has 0 aliphatic rings. The molecule has 2 N–H and O–H groups in total. The first-order chi connectivity index (χ1) is 15.0. The quantitative estimate of drug-likeness (QED) is 0.358. The van der Waals surface area contributed by atoms with Crippen molar-refractivity contribution >= 4 is 28.6 Å². The number of aromatic amines is 1. The summed E-state index contributed by atoms with van der Waals surface area (Å²) in [5.74, 6) is 0.163. The molecule has 0 spiro atoms. The van der Waals surface area contributed by atoms with Crippen molar-refractivity contribution < 1.29 is 9.90 Å². The van der Waals surface area contributed by atoms with E-state index in [0.717, 1.165) is 45.1 Å². The van der Waals surface area contributed by atoms with Crippen LogP contribution in [0.25, 0.3) is 10.4 Å². The van der Waals surface area contributed by atoms with E-state index in [1.54, 1.807) is 11.3 Å². The molecule has 0 atom stereocenters. The lowest BCUT2D eigenvalue weighted by Gasteiger charge is -2.17. The molecule has 7 heteroatoms. The Morgan fingerprint density at radius 1 is 1.10 bits per heavy atom. The monoisotopic (exact) mass is 458 g/mol. The van der Waals surface area contributed by atoms with Gasteiger partial charge < -0.3 is 10.0 Å². The van der Waals surface area contributed by atoms with Crippen molar-refractivity contribution in [2.45, 2.75) is 58.4 Å². The summed E-state index contributed by atoms with van der Waals surface area (Å²) in [5, 5.41) is 9.80. The Balaban J connectivity index is 1.59. The molecule has 0 fully saturated rings. The molecule has 1 aromatic carbocycles. The number of nitrogens with one attached hydrogen (secondary N) is 1. The van der Waals surface area contributed by atoms with Gasteiger partial charge in [-0.25, -0.2) is 0 Å². The van der Waals surface area contributed by atoms with E-state index >= 15 is 0 Å². The van der Waals surface area contributed by atoms with Crippen LogP contribution >= 0.6 is 22.7 Å². The number of aromatic nitrogens is 1. The summed E-state index contributed by atoms with van der Waals surface area (Å²) in [4.78, 5) is 30.7. The number of carbonyl (C=O) groups is 1. The van der Waals surface area contributed by atoms with Gasteiger partial charge in [-0.3, -0.25) is 14.6 Å². The van der Waals surface area contributed by atoms with Gasteiger partial charge in [-0.1, -0.05) is 62.1 Å². The fourth-order valence-corrected chi connectivity index (χ4v) is 5.37. The highest BCUT2D eigenvalue weighted by Crippen LogP contribution is 2.31. The van der Waals surface area contributed by atoms with Gasteiger partial charge >= 0.3 is 4.87 Å². The molecule has 0 radical (unpaired) electrons. The normalized spacial score (nSPS) is 11.0. The van der Waals surface area contributed by atoms with Gasteiger partial charge in [0.2, 0.25) is 11.8 Å². The predicted molar refractivity (Wildman–Crippen MR) is 129 cm³/mol. The fourth-order valence-electron chi connectivity index (χ4n) is 3.51. The lowest BCUT2D eigenvalue weighted by Crippen LogP contribution is -2.25. The molecule has 0 unspecified atom stereocenters. The third-order valence-corrected chi connectivity index (χ3v) is 7.25. The minimum Gasteiger partial charge on any atom is -0.494 e. The van der Waals surface area contributed by atoms with Gasteiger partial charge in [-0.15, -0.1) is 11.3 Å². The highest BCUT2D eigenvalue weighted by molar-refractivity contribution is 7.15. The largest absolute Gasteiger partial charge is 0.494 e. The lowest BCUT2D eigenvalue weighted by atomic mass is 10.1. The summed E-state index contributed by atoms with van der Waals surface area (Å²) in [6.45, 7) is 2.80. The van der Waals surface area contributed by atoms with Crippen molar-refractivity contribution in [3.8, 4) is 16.3 Å². The molecule has 2 heterocycles. The van der Waals surface area contributed by atoms with Crippen LogP contribution in [0.1, 0.15) is 60.8 Å². The first-order valence-corrected chi connectivity index (χ1v) is 12.4. The Kier molecular flexibility index (Phi) is 8.49. The molecule has 0 aliphatic carbocycles. The van der Waals surface area contributed by atoms with Crippen LogP contribution in [0.15, 0.2) is 41.2 Å². The number of amides is 1. The van der Waals surface area contributed by atoms with E-state index in [0.29, 0.717) is 24.3 Å². The van der Waals surface area contributed by atoms with Gasteiger partial charge in [-0.05, 0) is 35.7 Å². The van der Waals surface area contributed by atoms with Crippen LogP contribution in [0.2, 0.25) is 0 Å². The summed E-state index contributed by atoms with van der Waals surface area (Å²) in [7, 11) is 1.87. The standard InChI is InChI=1S/C24H30N2O3S2/c1-3-4-5-6-7-11-22(27)26(2)16-17-9-8-10-18(14-17)20-13-12-19(30-20)15-21-23(28)25-24(29)31-21/h8-10,12-14,28H,3-7,11,15-16H2,1-2H3,(H,25,29). The van der Waals surface area contributed by atoms with Crippen molar-refractivity contribution in [3.05, 3.63) is 61.4 Å². The van der Waals surface area contributed by atoms with Gasteiger partial charge in [0.1, 0.15) is 0 Å². The van der Waals surface area contributed by atoms with Crippen LogP contribution in [0.4, 0.5) is 0 Å². The minimum absolute atomic E-state index is 0.0370. The first-order valence-electron chi connectivity index (χ1n) is 10.8. The van der Waals surface area contributed by atoms with Crippen molar-refractivity contribution in [1.82, 2.24) is 9.88 Å². The van der Waals surface area contributed by atoms with Crippen LogP contribution in [-0.2, 0) is 17.8 Å². The van der Waals surface area contributed by atoms with E-state index in [-0.39, 0.29) is 16.7 Å². The zero-order chi connectivity index (χ0) is 22.2. The summed E-state index contributed by atoms with van der Waals surface area (Å²) in [6, 6.07) is 12.4. The zero-order valence-corrected chi connectivity index (χ0v) is 19.8. The molecule has 1 amide bonds. The number of unbranched alkanes of at least 4 members (excludes halogenated alkanes) is 4. The number of thiazole rings is 1. The molecule has 0 aliphatic heterocycles. The summed E-state index contributed by atoms with van der Waals surface area (Å²) in [6.07, 6.45) is 6.91. The molecular formula is C24H30N2O3S2. The van der Waals surface area contributed by atoms with E-state index in [4.69, 9.17) is 0 Å². The maximum absolute atomic E-state index is 12.4. The number of hydrogen-bond donors (Lipinski definition) is 2. The topological polar surface area (TPSA) is 73.4 Å². The molecule has 166 valence electrons. The highest BCUT2D eigenvalue weighted by atomic mass is 32.1. The van der Waals surface area contributed by atoms with E-state index in [1.165, 1.54) is 19.3 Å². The van der Waals surface area contributed by atoms with Crippen molar-refractivity contribution in [2.75, 3.05) is 7.05 Å². The molecule has 0 saturated heterocycles. The summed E-state index contributed by atoms with van der Waals surface area (Å²) in [5.41, 5.74) is 2.22. The van der Waals surface area contributed by atoms with Gasteiger partial charge in [-0.2, -0.15) is 0 Å². The van der Waals surface area contributed by atoms with E-state index in [9.17, 15) is 14.7 Å². The SMILES string of the molecule is CCCCCCCC(=O)N(C)Cc1cccc(-c2ccc(Cc3sc(=O)[nH]c3O)s2)c1. The third-order valence-electron chi connectivity index (χ3n) is 5.25. The second kappa shape index (κ2) is 11.3. The average Bonchev–Trinajstić information content (AvgIpc) is 3.34. The van der Waals surface area contributed by atoms with Crippen LogP contribution in [0, 0.1) is 0 Å². The molecule has 2 aromatic heterocycles. The minimum atomic E-state index is -0.239.